The molecule has 175 valence electrons. The van der Waals surface area contributed by atoms with E-state index in [4.69, 9.17) is 5.11 Å². The first-order valence-electron chi connectivity index (χ1n) is 10.9. The molecule has 2 aliphatic heterocycles. The average molecular weight is 671 g/mol. The molecule has 0 atom stereocenters. The minimum Gasteiger partial charge on any atom is -0.512 e. The van der Waals surface area contributed by atoms with Gasteiger partial charge in [0, 0.05) is 42.2 Å². The third kappa shape index (κ3) is 5.19. The van der Waals surface area contributed by atoms with Crippen molar-refractivity contribution in [2.24, 2.45) is 0 Å². The van der Waals surface area contributed by atoms with E-state index in [9.17, 15) is 4.79 Å². The summed E-state index contributed by atoms with van der Waals surface area (Å²) in [5.74, 6) is -0.0625. The number of ketones is 1. The maximum atomic E-state index is 10.0. The Hall–Kier alpha value is -2.57. The van der Waals surface area contributed by atoms with Crippen molar-refractivity contribution >= 4 is 52.4 Å². The molecule has 3 nitrogen and oxygen atoms in total. The van der Waals surface area contributed by atoms with Gasteiger partial charge in [-0.25, -0.2) is 0 Å². The van der Waals surface area contributed by atoms with Crippen LogP contribution in [0.3, 0.4) is 0 Å². The van der Waals surface area contributed by atoms with Crippen LogP contribution in [0.4, 0.5) is 0 Å². The van der Waals surface area contributed by atoms with Crippen LogP contribution in [0.2, 0.25) is 0 Å². The summed E-state index contributed by atoms with van der Waals surface area (Å²) in [4.78, 5) is 20.0. The standard InChI is InChI=1S/C23H13BNS2.C5H8O2.Ir/c1-2-11-19-16(8-1)24-17-9-5-7-15(18-10-3-4-14-25-18)23(17)27-21-13-6-12-20(26-19)22(21)24;1-4(6)3-5(2)7;/h1-6,8-14H;3,6H,1-2H3;/q-1;;/b;4-3-;. The zero-order valence-electron chi connectivity index (χ0n) is 19.1. The molecule has 0 amide bonds. The molecule has 6 rings (SSSR count). The minimum absolute atomic E-state index is 0. The van der Waals surface area contributed by atoms with E-state index < -0.39 is 0 Å². The number of aromatic nitrogens is 1. The normalized spacial score (nSPS) is 12.7. The number of carbonyl (C=O) groups excluding carboxylic acids is 1. The van der Waals surface area contributed by atoms with Crippen molar-refractivity contribution in [3.63, 3.8) is 0 Å². The van der Waals surface area contributed by atoms with Gasteiger partial charge in [0.2, 0.25) is 6.71 Å². The fourth-order valence-electron chi connectivity index (χ4n) is 4.34. The quantitative estimate of drug-likeness (QED) is 0.121. The maximum absolute atomic E-state index is 10.0. The number of fused-ring (bicyclic) bond motifs is 4. The third-order valence-corrected chi connectivity index (χ3v) is 7.99. The molecule has 7 heteroatoms. The molecular weight excluding hydrogens is 649 g/mol. The summed E-state index contributed by atoms with van der Waals surface area (Å²) in [7, 11) is 0. The van der Waals surface area contributed by atoms with Crippen molar-refractivity contribution in [3.8, 4) is 11.3 Å². The summed E-state index contributed by atoms with van der Waals surface area (Å²) < 4.78 is 0. The van der Waals surface area contributed by atoms with Crippen LogP contribution in [0, 0.1) is 6.07 Å². The van der Waals surface area contributed by atoms with E-state index in [1.165, 1.54) is 55.9 Å². The number of hydrogen-bond donors (Lipinski definition) is 1. The van der Waals surface area contributed by atoms with Crippen LogP contribution in [-0.4, -0.2) is 22.6 Å². The van der Waals surface area contributed by atoms with Crippen LogP contribution in [0.25, 0.3) is 11.3 Å². The van der Waals surface area contributed by atoms with E-state index >= 15 is 0 Å². The number of rotatable bonds is 2. The smallest absolute Gasteiger partial charge is 0.228 e. The molecule has 35 heavy (non-hydrogen) atoms. The van der Waals surface area contributed by atoms with Crippen molar-refractivity contribution in [2.45, 2.75) is 33.4 Å². The Kier molecular flexibility index (Phi) is 8.03. The van der Waals surface area contributed by atoms with Gasteiger partial charge in [0.1, 0.15) is 0 Å². The topological polar surface area (TPSA) is 50.2 Å². The first kappa shape index (κ1) is 25.5. The van der Waals surface area contributed by atoms with E-state index in [1.807, 2.05) is 41.9 Å². The van der Waals surface area contributed by atoms with Gasteiger partial charge in [0.15, 0.2) is 5.78 Å². The van der Waals surface area contributed by atoms with Gasteiger partial charge in [-0.05, 0) is 54.2 Å². The number of benzene rings is 3. The van der Waals surface area contributed by atoms with Crippen LogP contribution in [-0.2, 0) is 24.9 Å². The van der Waals surface area contributed by atoms with Crippen LogP contribution in [0.5, 0.6) is 0 Å². The largest absolute Gasteiger partial charge is 0.512 e. The Morgan fingerprint density at radius 3 is 2.31 bits per heavy atom. The van der Waals surface area contributed by atoms with Gasteiger partial charge in [-0.2, -0.15) is 0 Å². The van der Waals surface area contributed by atoms with Gasteiger partial charge in [0.25, 0.3) is 0 Å². The number of nitrogens with zero attached hydrogens (tertiary/aromatic N) is 1. The summed E-state index contributed by atoms with van der Waals surface area (Å²) >= 11 is 3.75. The molecule has 0 saturated carbocycles. The zero-order valence-corrected chi connectivity index (χ0v) is 23.1. The predicted octanol–water partition coefficient (Wildman–Crippen LogP) is 5.03. The number of hydrogen-bond acceptors (Lipinski definition) is 5. The molecule has 3 aromatic carbocycles. The molecule has 0 saturated heterocycles. The van der Waals surface area contributed by atoms with Crippen LogP contribution < -0.4 is 16.4 Å². The van der Waals surface area contributed by atoms with Crippen LogP contribution >= 0.6 is 23.5 Å². The van der Waals surface area contributed by atoms with Gasteiger partial charge in [0.05, 0.1) is 5.76 Å². The van der Waals surface area contributed by atoms with E-state index in [0.29, 0.717) is 0 Å². The second-order valence-corrected chi connectivity index (χ2v) is 10.2. The predicted molar refractivity (Wildman–Crippen MR) is 141 cm³/mol. The minimum atomic E-state index is -0.125. The van der Waals surface area contributed by atoms with E-state index in [0.717, 1.165) is 11.3 Å². The summed E-state index contributed by atoms with van der Waals surface area (Å²) in [6.07, 6.45) is 3.02. The fraction of sp³-hybridized carbons (Fsp3) is 0.0714. The van der Waals surface area contributed by atoms with Crippen molar-refractivity contribution in [3.05, 3.63) is 96.9 Å². The Morgan fingerprint density at radius 1 is 0.914 bits per heavy atom. The molecule has 1 radical (unpaired) electrons. The summed E-state index contributed by atoms with van der Waals surface area (Å²) in [5.41, 5.74) is 6.32. The van der Waals surface area contributed by atoms with Crippen molar-refractivity contribution < 1.29 is 30.0 Å². The summed E-state index contributed by atoms with van der Waals surface area (Å²) in [6, 6.07) is 29.3. The molecular formula is C28H21BIrNO2S2-. The van der Waals surface area contributed by atoms with Gasteiger partial charge >= 0.3 is 0 Å². The Bertz CT molecular complexity index is 1420. The molecule has 0 unspecified atom stereocenters. The molecule has 3 heterocycles. The van der Waals surface area contributed by atoms with Crippen molar-refractivity contribution in [1.82, 2.24) is 4.98 Å². The number of carbonyl (C=O) groups is 1. The van der Waals surface area contributed by atoms with Crippen molar-refractivity contribution in [1.29, 1.82) is 0 Å². The van der Waals surface area contributed by atoms with Gasteiger partial charge in [-0.1, -0.05) is 58.5 Å². The second-order valence-electron chi connectivity index (χ2n) is 8.09. The Labute approximate surface area is 227 Å². The molecule has 4 aromatic rings. The first-order chi connectivity index (χ1) is 16.5. The van der Waals surface area contributed by atoms with Gasteiger partial charge < -0.3 is 10.1 Å². The molecule has 1 aromatic heterocycles. The van der Waals surface area contributed by atoms with E-state index in [2.05, 4.69) is 71.7 Å². The molecule has 0 aliphatic carbocycles. The summed E-state index contributed by atoms with van der Waals surface area (Å²) in [5, 5.41) is 8.36. The second kappa shape index (κ2) is 11.0. The maximum Gasteiger partial charge on any atom is 0.228 e. The zero-order chi connectivity index (χ0) is 23.7. The SMILES string of the molecule is CC(=O)/C=C(/C)O.[Ir].[c-]1ccc2c(c1-c1ccccn1)Sc1cccc3c1B2c1ccccc1S3. The average Bonchev–Trinajstić information content (AvgIpc) is 2.83. The van der Waals surface area contributed by atoms with Crippen LogP contribution in [0.1, 0.15) is 13.8 Å². The van der Waals surface area contributed by atoms with Crippen LogP contribution in [0.15, 0.2) is 110 Å². The third-order valence-electron chi connectivity index (χ3n) is 5.60. The number of allylic oxidation sites excluding steroid dienone is 2. The number of pyridine rings is 1. The number of aliphatic hydroxyl groups excluding tert-OH is 1. The monoisotopic (exact) mass is 671 g/mol. The Morgan fingerprint density at radius 2 is 1.63 bits per heavy atom. The fourth-order valence-corrected chi connectivity index (χ4v) is 6.85. The van der Waals surface area contributed by atoms with Crippen molar-refractivity contribution in [2.75, 3.05) is 0 Å². The summed E-state index contributed by atoms with van der Waals surface area (Å²) in [6.45, 7) is 3.13. The van der Waals surface area contributed by atoms with E-state index in [-0.39, 0.29) is 38.4 Å². The Balaban J connectivity index is 0.000000320. The van der Waals surface area contributed by atoms with Gasteiger partial charge in [-0.3, -0.25) is 4.79 Å². The molecule has 2 aliphatic rings. The first-order valence-corrected chi connectivity index (χ1v) is 12.6. The molecule has 0 fully saturated rings. The molecule has 0 spiro atoms. The molecule has 0 bridgehead atoms. The number of aliphatic hydroxyl groups is 1. The van der Waals surface area contributed by atoms with E-state index in [1.54, 1.807) is 0 Å². The van der Waals surface area contributed by atoms with Gasteiger partial charge in [-0.15, -0.1) is 41.0 Å². The molecule has 1 N–H and O–H groups in total.